The molecule has 0 spiro atoms. The Morgan fingerprint density at radius 3 is 2.07 bits per heavy atom. The Morgan fingerprint density at radius 2 is 1.46 bits per heavy atom. The van der Waals surface area contributed by atoms with Crippen LogP contribution in [0.1, 0.15) is 38.8 Å². The highest BCUT2D eigenvalue weighted by atomic mass is 16.4. The average molecular weight is 375 g/mol. The van der Waals surface area contributed by atoms with Gasteiger partial charge in [0.2, 0.25) is 0 Å². The molecular formula is C23H21NO4. The van der Waals surface area contributed by atoms with E-state index in [2.05, 4.69) is 0 Å². The molecule has 0 saturated heterocycles. The molecule has 2 N–H and O–H groups in total. The lowest BCUT2D eigenvalue weighted by Gasteiger charge is -2.25. The Balaban J connectivity index is 2.07. The predicted octanol–water partition coefficient (Wildman–Crippen LogP) is 4.79. The van der Waals surface area contributed by atoms with Gasteiger partial charge in [-0.25, -0.2) is 4.79 Å². The van der Waals surface area contributed by atoms with Gasteiger partial charge < -0.3 is 15.1 Å². The average Bonchev–Trinajstić information content (AvgIpc) is 2.70. The number of hydrogen-bond acceptors (Lipinski definition) is 4. The molecule has 0 aliphatic rings. The molecule has 3 rings (SSSR count). The molecule has 0 aliphatic carbocycles. The van der Waals surface area contributed by atoms with E-state index in [4.69, 9.17) is 0 Å². The second kappa shape index (κ2) is 7.96. The van der Waals surface area contributed by atoms with Crippen LogP contribution in [-0.4, -0.2) is 28.5 Å². The van der Waals surface area contributed by atoms with E-state index in [1.807, 2.05) is 43.0 Å². The van der Waals surface area contributed by atoms with Crippen LogP contribution in [0, 0.1) is 6.92 Å². The first-order valence-corrected chi connectivity index (χ1v) is 8.97. The molecular weight excluding hydrogens is 354 g/mol. The number of carboxylic acid groups (broad SMARTS) is 1. The summed E-state index contributed by atoms with van der Waals surface area (Å²) in [5.74, 6) is -1.89. The van der Waals surface area contributed by atoms with Crippen molar-refractivity contribution in [2.24, 2.45) is 0 Å². The van der Waals surface area contributed by atoms with Crippen LogP contribution in [0.2, 0.25) is 0 Å². The first kappa shape index (κ1) is 19.2. The van der Waals surface area contributed by atoms with E-state index in [0.29, 0.717) is 12.2 Å². The molecule has 0 amide bonds. The first-order chi connectivity index (χ1) is 13.4. The van der Waals surface area contributed by atoms with Gasteiger partial charge in [-0.2, -0.15) is 0 Å². The third-order valence-electron chi connectivity index (χ3n) is 4.61. The van der Waals surface area contributed by atoms with Crippen LogP contribution < -0.4 is 4.90 Å². The molecule has 0 aromatic heterocycles. The van der Waals surface area contributed by atoms with Crippen LogP contribution in [0.25, 0.3) is 0 Å². The van der Waals surface area contributed by atoms with E-state index in [-0.39, 0.29) is 22.4 Å². The number of anilines is 2. The van der Waals surface area contributed by atoms with Gasteiger partial charge in [0.25, 0.3) is 0 Å². The summed E-state index contributed by atoms with van der Waals surface area (Å²) >= 11 is 0. The molecule has 0 fully saturated rings. The van der Waals surface area contributed by atoms with Crippen LogP contribution >= 0.6 is 0 Å². The number of nitrogens with zero attached hydrogens (tertiary/aromatic N) is 1. The quantitative estimate of drug-likeness (QED) is 0.606. The van der Waals surface area contributed by atoms with E-state index in [0.717, 1.165) is 11.3 Å². The lowest BCUT2D eigenvalue weighted by atomic mass is 9.97. The Bertz CT molecular complexity index is 1030. The number of benzene rings is 3. The summed E-state index contributed by atoms with van der Waals surface area (Å²) < 4.78 is 0. The normalized spacial score (nSPS) is 10.5. The highest BCUT2D eigenvalue weighted by molar-refractivity contribution is 6.16. The number of carboxylic acids is 1. The van der Waals surface area contributed by atoms with Crippen LogP contribution in [0.3, 0.4) is 0 Å². The van der Waals surface area contributed by atoms with Crippen LogP contribution in [0.15, 0.2) is 66.7 Å². The van der Waals surface area contributed by atoms with E-state index in [9.17, 15) is 19.8 Å². The number of phenolic OH excluding ortho intramolecular Hbond substituents is 1. The molecule has 0 saturated carbocycles. The number of carbonyl (C=O) groups excluding carboxylic acids is 1. The van der Waals surface area contributed by atoms with Gasteiger partial charge in [-0.3, -0.25) is 4.79 Å². The van der Waals surface area contributed by atoms with Crippen molar-refractivity contribution in [2.75, 3.05) is 11.4 Å². The van der Waals surface area contributed by atoms with Gasteiger partial charge in [0, 0.05) is 17.8 Å². The van der Waals surface area contributed by atoms with Crippen LogP contribution in [0.4, 0.5) is 11.4 Å². The van der Waals surface area contributed by atoms with Gasteiger partial charge in [0.15, 0.2) is 5.78 Å². The summed E-state index contributed by atoms with van der Waals surface area (Å²) in [6, 6.07) is 18.8. The maximum atomic E-state index is 13.0. The first-order valence-electron chi connectivity index (χ1n) is 8.97. The topological polar surface area (TPSA) is 77.8 Å². The van der Waals surface area contributed by atoms with Crippen LogP contribution in [0.5, 0.6) is 5.75 Å². The van der Waals surface area contributed by atoms with Gasteiger partial charge in [-0.05, 0) is 44.2 Å². The SMILES string of the molecule is CCN(c1ccc(C)cc1)c1cccc(C(=O)c2ccccc2C(=O)O)c1O. The Hall–Kier alpha value is -3.60. The number of aromatic hydroxyl groups is 1. The van der Waals surface area contributed by atoms with Gasteiger partial charge in [-0.15, -0.1) is 0 Å². The summed E-state index contributed by atoms with van der Waals surface area (Å²) in [4.78, 5) is 26.3. The van der Waals surface area contributed by atoms with Crippen molar-refractivity contribution in [3.63, 3.8) is 0 Å². The standard InChI is InChI=1S/C23H21NO4/c1-3-24(16-13-11-15(2)12-14-16)20-10-6-9-19(22(20)26)21(25)17-7-4-5-8-18(17)23(27)28/h4-14,26H,3H2,1-2H3,(H,27,28). The minimum Gasteiger partial charge on any atom is -0.505 e. The smallest absolute Gasteiger partial charge is 0.336 e. The molecule has 5 nitrogen and oxygen atoms in total. The second-order valence-electron chi connectivity index (χ2n) is 6.43. The minimum absolute atomic E-state index is 0.0424. The molecule has 0 bridgehead atoms. The van der Waals surface area contributed by atoms with Crippen molar-refractivity contribution in [3.05, 3.63) is 89.0 Å². The lowest BCUT2D eigenvalue weighted by Crippen LogP contribution is -2.17. The molecule has 0 aliphatic heterocycles. The van der Waals surface area contributed by atoms with E-state index in [1.165, 1.54) is 18.2 Å². The van der Waals surface area contributed by atoms with Crippen molar-refractivity contribution in [1.82, 2.24) is 0 Å². The number of ketones is 1. The fourth-order valence-corrected chi connectivity index (χ4v) is 3.16. The minimum atomic E-state index is -1.19. The number of hydrogen-bond donors (Lipinski definition) is 2. The molecule has 5 heteroatoms. The summed E-state index contributed by atoms with van der Waals surface area (Å²) in [6.45, 7) is 4.53. The third-order valence-corrected chi connectivity index (χ3v) is 4.61. The lowest BCUT2D eigenvalue weighted by molar-refractivity contribution is 0.0692. The third kappa shape index (κ3) is 3.60. The van der Waals surface area contributed by atoms with E-state index >= 15 is 0 Å². The van der Waals surface area contributed by atoms with Crippen LogP contribution in [-0.2, 0) is 0 Å². The van der Waals surface area contributed by atoms with Crippen molar-refractivity contribution < 1.29 is 19.8 Å². The molecule has 142 valence electrons. The number of phenols is 1. The summed E-state index contributed by atoms with van der Waals surface area (Å²) in [5, 5.41) is 20.2. The fraction of sp³-hybridized carbons (Fsp3) is 0.130. The molecule has 3 aromatic carbocycles. The van der Waals surface area contributed by atoms with E-state index < -0.39 is 11.8 Å². The van der Waals surface area contributed by atoms with Gasteiger partial charge in [0.1, 0.15) is 5.75 Å². The highest BCUT2D eigenvalue weighted by Crippen LogP contribution is 2.36. The van der Waals surface area contributed by atoms with Gasteiger partial charge in [-0.1, -0.05) is 42.0 Å². The maximum Gasteiger partial charge on any atom is 0.336 e. The zero-order valence-corrected chi connectivity index (χ0v) is 15.7. The number of para-hydroxylation sites is 1. The number of carbonyl (C=O) groups is 2. The van der Waals surface area contributed by atoms with Crippen molar-refractivity contribution in [2.45, 2.75) is 13.8 Å². The number of aryl methyl sites for hydroxylation is 1. The van der Waals surface area contributed by atoms with E-state index in [1.54, 1.807) is 24.3 Å². The molecule has 0 atom stereocenters. The van der Waals surface area contributed by atoms with Crippen molar-refractivity contribution in [1.29, 1.82) is 0 Å². The number of aromatic carboxylic acids is 1. The monoisotopic (exact) mass is 375 g/mol. The fourth-order valence-electron chi connectivity index (χ4n) is 3.16. The van der Waals surface area contributed by atoms with Crippen molar-refractivity contribution in [3.8, 4) is 5.75 Å². The second-order valence-corrected chi connectivity index (χ2v) is 6.43. The summed E-state index contributed by atoms with van der Waals surface area (Å²) in [5.41, 5.74) is 2.52. The Labute approximate surface area is 163 Å². The zero-order chi connectivity index (χ0) is 20.3. The maximum absolute atomic E-state index is 13.0. The molecule has 0 heterocycles. The van der Waals surface area contributed by atoms with Crippen molar-refractivity contribution >= 4 is 23.1 Å². The molecule has 0 unspecified atom stereocenters. The number of rotatable bonds is 6. The largest absolute Gasteiger partial charge is 0.505 e. The molecule has 0 radical (unpaired) electrons. The van der Waals surface area contributed by atoms with Gasteiger partial charge >= 0.3 is 5.97 Å². The molecule has 3 aromatic rings. The van der Waals surface area contributed by atoms with Gasteiger partial charge in [0.05, 0.1) is 16.8 Å². The Kier molecular flexibility index (Phi) is 5.45. The zero-order valence-electron chi connectivity index (χ0n) is 15.7. The highest BCUT2D eigenvalue weighted by Gasteiger charge is 2.23. The predicted molar refractivity (Wildman–Crippen MR) is 109 cm³/mol. The Morgan fingerprint density at radius 1 is 0.857 bits per heavy atom. The molecule has 28 heavy (non-hydrogen) atoms. The summed E-state index contributed by atoms with van der Waals surface area (Å²) in [6.07, 6.45) is 0. The summed E-state index contributed by atoms with van der Waals surface area (Å²) in [7, 11) is 0.